The second-order valence-electron chi connectivity index (χ2n) is 5.02. The second kappa shape index (κ2) is 7.44. The normalized spacial score (nSPS) is 11.8. The Labute approximate surface area is 159 Å². The molecule has 0 fully saturated rings. The lowest BCUT2D eigenvalue weighted by Gasteiger charge is -2.12. The number of benzene rings is 2. The number of ether oxygens (including phenoxy) is 1. The van der Waals surface area contributed by atoms with Gasteiger partial charge in [0.1, 0.15) is 5.75 Å². The van der Waals surface area contributed by atoms with Gasteiger partial charge in [-0.05, 0) is 24.3 Å². The predicted octanol–water partition coefficient (Wildman–Crippen LogP) is 4.91. The molecule has 0 unspecified atom stereocenters. The van der Waals surface area contributed by atoms with Crippen molar-refractivity contribution in [2.75, 3.05) is 12.5 Å². The van der Waals surface area contributed by atoms with Crippen LogP contribution >= 0.6 is 34.8 Å². The van der Waals surface area contributed by atoms with Crippen LogP contribution in [0.4, 0.5) is 5.82 Å². The van der Waals surface area contributed by atoms with Gasteiger partial charge in [-0.2, -0.15) is 5.10 Å². The van der Waals surface area contributed by atoms with Crippen molar-refractivity contribution in [3.05, 3.63) is 59.9 Å². The largest absolute Gasteiger partial charge is 0.496 e. The molecule has 0 bridgehead atoms. The molecule has 128 valence electrons. The van der Waals surface area contributed by atoms with Crippen molar-refractivity contribution in [2.24, 2.45) is 5.10 Å². The van der Waals surface area contributed by atoms with E-state index in [1.807, 2.05) is 48.5 Å². The molecule has 0 saturated heterocycles. The number of anilines is 1. The van der Waals surface area contributed by atoms with Gasteiger partial charge in [0.05, 0.1) is 18.8 Å². The molecule has 0 atom stereocenters. The van der Waals surface area contributed by atoms with E-state index in [0.29, 0.717) is 17.1 Å². The van der Waals surface area contributed by atoms with Crippen molar-refractivity contribution in [3.63, 3.8) is 0 Å². The highest BCUT2D eigenvalue weighted by atomic mass is 35.6. The number of halogens is 3. The zero-order chi connectivity index (χ0) is 17.9. The van der Waals surface area contributed by atoms with E-state index in [1.165, 1.54) is 0 Å². The van der Waals surface area contributed by atoms with E-state index in [2.05, 4.69) is 20.5 Å². The van der Waals surface area contributed by atoms with E-state index >= 15 is 0 Å². The Balaban J connectivity index is 1.96. The monoisotopic (exact) mass is 394 g/mol. The lowest BCUT2D eigenvalue weighted by molar-refractivity contribution is 0.414. The number of nitrogens with zero attached hydrogens (tertiary/aromatic N) is 3. The summed E-state index contributed by atoms with van der Waals surface area (Å²) in [7, 11) is 1.60. The topological polar surface area (TPSA) is 59.4 Å². The number of hydrazone groups is 1. The first-order chi connectivity index (χ1) is 12.0. The summed E-state index contributed by atoms with van der Waals surface area (Å²) < 4.78 is 3.56. The summed E-state index contributed by atoms with van der Waals surface area (Å²) in [4.78, 5) is 8.56. The van der Waals surface area contributed by atoms with Gasteiger partial charge in [-0.1, -0.05) is 59.1 Å². The Bertz CT molecular complexity index is 925. The first-order valence-corrected chi connectivity index (χ1v) is 8.38. The van der Waals surface area contributed by atoms with Gasteiger partial charge < -0.3 is 4.74 Å². The van der Waals surface area contributed by atoms with Gasteiger partial charge >= 0.3 is 0 Å². The summed E-state index contributed by atoms with van der Waals surface area (Å²) in [5.74, 6) is 1.23. The van der Waals surface area contributed by atoms with Gasteiger partial charge in [-0.25, -0.2) is 9.97 Å². The predicted molar refractivity (Wildman–Crippen MR) is 103 cm³/mol. The molecule has 25 heavy (non-hydrogen) atoms. The molecule has 0 aliphatic heterocycles. The first-order valence-electron chi connectivity index (χ1n) is 7.25. The molecule has 0 radical (unpaired) electrons. The minimum atomic E-state index is -1.73. The third-order valence-electron chi connectivity index (χ3n) is 3.37. The maximum Gasteiger partial charge on any atom is 0.250 e. The number of methoxy groups -OCH3 is 1. The average Bonchev–Trinajstić information content (AvgIpc) is 2.61. The average molecular weight is 396 g/mol. The Morgan fingerprint density at radius 3 is 2.52 bits per heavy atom. The van der Waals surface area contributed by atoms with Crippen molar-refractivity contribution in [1.82, 2.24) is 9.97 Å². The number of nitrogens with one attached hydrogen (secondary N) is 1. The van der Waals surface area contributed by atoms with Crippen LogP contribution in [-0.4, -0.2) is 23.3 Å². The molecule has 8 heteroatoms. The quantitative estimate of drug-likeness (QED) is 0.387. The molecule has 3 rings (SSSR count). The van der Waals surface area contributed by atoms with E-state index < -0.39 is 3.79 Å². The molecule has 0 saturated carbocycles. The van der Waals surface area contributed by atoms with Crippen LogP contribution in [0.25, 0.3) is 10.9 Å². The molecule has 1 N–H and O–H groups in total. The van der Waals surface area contributed by atoms with Gasteiger partial charge in [-0.3, -0.25) is 5.43 Å². The van der Waals surface area contributed by atoms with Gasteiger partial charge in [-0.15, -0.1) is 0 Å². The number of hydrogen-bond acceptors (Lipinski definition) is 5. The highest BCUT2D eigenvalue weighted by Crippen LogP contribution is 2.37. The Morgan fingerprint density at radius 1 is 1.04 bits per heavy atom. The minimum absolute atomic E-state index is 0.0752. The molecule has 0 amide bonds. The number of fused-ring (bicyclic) bond motifs is 1. The zero-order valence-corrected chi connectivity index (χ0v) is 15.3. The highest BCUT2D eigenvalue weighted by Gasteiger charge is 2.28. The molecule has 0 aliphatic rings. The van der Waals surface area contributed by atoms with Crippen molar-refractivity contribution in [3.8, 4) is 5.75 Å². The van der Waals surface area contributed by atoms with Crippen LogP contribution in [0.5, 0.6) is 5.75 Å². The summed E-state index contributed by atoms with van der Waals surface area (Å²) in [6, 6.07) is 14.9. The number of para-hydroxylation sites is 2. The number of alkyl halides is 3. The van der Waals surface area contributed by atoms with Crippen LogP contribution < -0.4 is 10.2 Å². The Morgan fingerprint density at radius 2 is 1.76 bits per heavy atom. The van der Waals surface area contributed by atoms with E-state index in [1.54, 1.807) is 13.3 Å². The summed E-state index contributed by atoms with van der Waals surface area (Å²) in [5.41, 5.74) is 4.35. The standard InChI is InChI=1S/C17H13Cl3N4O/c1-25-14-9-5-2-6-11(14)10-21-24-15-12-7-3-4-8-13(12)22-16(23-15)17(18,19)20/h2-10H,1H3,(H,22,23,24)/b21-10+. The third kappa shape index (κ3) is 4.12. The van der Waals surface area contributed by atoms with E-state index in [0.717, 1.165) is 10.9 Å². The van der Waals surface area contributed by atoms with Gasteiger partial charge in [0.25, 0.3) is 0 Å². The third-order valence-corrected chi connectivity index (χ3v) is 3.88. The van der Waals surface area contributed by atoms with Crippen LogP contribution in [-0.2, 0) is 3.79 Å². The molecular weight excluding hydrogens is 383 g/mol. The Kier molecular flexibility index (Phi) is 5.27. The molecule has 2 aromatic carbocycles. The summed E-state index contributed by atoms with van der Waals surface area (Å²) in [6.45, 7) is 0. The molecule has 1 heterocycles. The van der Waals surface area contributed by atoms with Crippen LogP contribution in [0.1, 0.15) is 11.4 Å². The van der Waals surface area contributed by atoms with Crippen molar-refractivity contribution in [2.45, 2.75) is 3.79 Å². The summed E-state index contributed by atoms with van der Waals surface area (Å²) in [6.07, 6.45) is 1.63. The molecule has 0 aliphatic carbocycles. The van der Waals surface area contributed by atoms with Crippen LogP contribution in [0, 0.1) is 0 Å². The number of aromatic nitrogens is 2. The minimum Gasteiger partial charge on any atom is -0.496 e. The van der Waals surface area contributed by atoms with Crippen LogP contribution in [0.15, 0.2) is 53.6 Å². The van der Waals surface area contributed by atoms with Gasteiger partial charge in [0, 0.05) is 10.9 Å². The van der Waals surface area contributed by atoms with Crippen molar-refractivity contribution < 1.29 is 4.74 Å². The summed E-state index contributed by atoms with van der Waals surface area (Å²) in [5, 5.41) is 4.98. The maximum atomic E-state index is 5.92. The molecule has 1 aromatic heterocycles. The SMILES string of the molecule is COc1ccccc1/C=N/Nc1nc(C(Cl)(Cl)Cl)nc2ccccc12. The highest BCUT2D eigenvalue weighted by molar-refractivity contribution is 6.66. The van der Waals surface area contributed by atoms with Gasteiger partial charge in [0.15, 0.2) is 11.6 Å². The fraction of sp³-hybridized carbons (Fsp3) is 0.118. The molecule has 5 nitrogen and oxygen atoms in total. The number of hydrogen-bond donors (Lipinski definition) is 1. The van der Waals surface area contributed by atoms with E-state index in [4.69, 9.17) is 39.5 Å². The van der Waals surface area contributed by atoms with Gasteiger partial charge in [0.2, 0.25) is 3.79 Å². The van der Waals surface area contributed by atoms with Crippen molar-refractivity contribution >= 4 is 57.7 Å². The number of rotatable bonds is 4. The lowest BCUT2D eigenvalue weighted by atomic mass is 10.2. The van der Waals surface area contributed by atoms with Crippen LogP contribution in [0.3, 0.4) is 0 Å². The molecule has 3 aromatic rings. The van der Waals surface area contributed by atoms with Crippen molar-refractivity contribution in [1.29, 1.82) is 0 Å². The summed E-state index contributed by atoms with van der Waals surface area (Å²) >= 11 is 17.8. The maximum absolute atomic E-state index is 5.92. The second-order valence-corrected chi connectivity index (χ2v) is 7.30. The van der Waals surface area contributed by atoms with E-state index in [-0.39, 0.29) is 5.82 Å². The fourth-order valence-corrected chi connectivity index (χ4v) is 2.48. The molecule has 0 spiro atoms. The smallest absolute Gasteiger partial charge is 0.250 e. The fourth-order valence-electron chi connectivity index (χ4n) is 2.22. The van der Waals surface area contributed by atoms with Crippen LogP contribution in [0.2, 0.25) is 0 Å². The lowest BCUT2D eigenvalue weighted by Crippen LogP contribution is -2.09. The first kappa shape index (κ1) is 17.7. The zero-order valence-electron chi connectivity index (χ0n) is 13.1. The Hall–Kier alpha value is -2.08. The molecular formula is C17H13Cl3N4O. The van der Waals surface area contributed by atoms with E-state index in [9.17, 15) is 0 Å².